The molecular formula is C25H36N2OS. The SMILES string of the molecule is C=C(NC(C)C(Cc1ccccc1)C(=C)C1(C)CC1)C(/C=C/NC(C)=S)COC. The molecule has 1 aliphatic carbocycles. The Morgan fingerprint density at radius 1 is 1.28 bits per heavy atom. The third-order valence-electron chi connectivity index (χ3n) is 5.95. The maximum Gasteiger partial charge on any atom is 0.0761 e. The fraction of sp³-hybridized carbons (Fsp3) is 0.480. The Morgan fingerprint density at radius 2 is 1.93 bits per heavy atom. The first kappa shape index (κ1) is 23.4. The Morgan fingerprint density at radius 3 is 2.48 bits per heavy atom. The lowest BCUT2D eigenvalue weighted by Crippen LogP contribution is -2.38. The quantitative estimate of drug-likeness (QED) is 0.355. The molecule has 3 nitrogen and oxygen atoms in total. The van der Waals surface area contributed by atoms with Crippen LogP contribution in [0.1, 0.15) is 39.2 Å². The summed E-state index contributed by atoms with van der Waals surface area (Å²) in [7, 11) is 1.71. The molecule has 2 rings (SSSR count). The lowest BCUT2D eigenvalue weighted by molar-refractivity contribution is 0.177. The Labute approximate surface area is 182 Å². The number of ether oxygens (including phenoxy) is 1. The van der Waals surface area contributed by atoms with Crippen molar-refractivity contribution in [2.45, 2.75) is 46.1 Å². The van der Waals surface area contributed by atoms with Gasteiger partial charge < -0.3 is 15.4 Å². The van der Waals surface area contributed by atoms with E-state index in [0.717, 1.165) is 17.1 Å². The lowest BCUT2D eigenvalue weighted by atomic mass is 9.79. The summed E-state index contributed by atoms with van der Waals surface area (Å²) in [6.07, 6.45) is 7.37. The molecule has 0 saturated heterocycles. The van der Waals surface area contributed by atoms with Crippen LogP contribution in [-0.4, -0.2) is 24.7 Å². The molecule has 0 radical (unpaired) electrons. The van der Waals surface area contributed by atoms with Gasteiger partial charge >= 0.3 is 0 Å². The van der Waals surface area contributed by atoms with Crippen molar-refractivity contribution in [2.75, 3.05) is 13.7 Å². The summed E-state index contributed by atoms with van der Waals surface area (Å²) >= 11 is 5.07. The molecule has 0 bridgehead atoms. The van der Waals surface area contributed by atoms with E-state index in [2.05, 4.69) is 68.0 Å². The predicted octanol–water partition coefficient (Wildman–Crippen LogP) is 5.41. The monoisotopic (exact) mass is 412 g/mol. The fourth-order valence-electron chi connectivity index (χ4n) is 3.66. The predicted molar refractivity (Wildman–Crippen MR) is 128 cm³/mol. The molecule has 0 aliphatic heterocycles. The van der Waals surface area contributed by atoms with Gasteiger partial charge in [-0.2, -0.15) is 0 Å². The zero-order chi connectivity index (χ0) is 21.4. The van der Waals surface area contributed by atoms with E-state index >= 15 is 0 Å². The molecule has 1 aliphatic rings. The zero-order valence-electron chi connectivity index (χ0n) is 18.3. The van der Waals surface area contributed by atoms with Gasteiger partial charge in [-0.1, -0.05) is 74.3 Å². The van der Waals surface area contributed by atoms with Crippen molar-refractivity contribution in [1.82, 2.24) is 10.6 Å². The van der Waals surface area contributed by atoms with Gasteiger partial charge in [-0.15, -0.1) is 0 Å². The van der Waals surface area contributed by atoms with E-state index in [1.54, 1.807) is 7.11 Å². The van der Waals surface area contributed by atoms with Gasteiger partial charge in [0.1, 0.15) is 0 Å². The van der Waals surface area contributed by atoms with Gasteiger partial charge in [-0.05, 0) is 50.3 Å². The molecule has 0 amide bonds. The number of hydrogen-bond donors (Lipinski definition) is 2. The van der Waals surface area contributed by atoms with Crippen molar-refractivity contribution in [3.05, 3.63) is 72.6 Å². The number of nitrogens with one attached hydrogen (secondary N) is 2. The second-order valence-corrected chi connectivity index (χ2v) is 9.07. The summed E-state index contributed by atoms with van der Waals surface area (Å²) in [5, 5.41) is 6.71. The largest absolute Gasteiger partial charge is 0.385 e. The first-order valence-corrected chi connectivity index (χ1v) is 10.8. The Balaban J connectivity index is 2.11. The molecule has 4 heteroatoms. The van der Waals surface area contributed by atoms with Gasteiger partial charge in [0.05, 0.1) is 11.6 Å². The molecular weight excluding hydrogens is 376 g/mol. The highest BCUT2D eigenvalue weighted by Crippen LogP contribution is 2.54. The number of benzene rings is 1. The van der Waals surface area contributed by atoms with E-state index < -0.39 is 0 Å². The van der Waals surface area contributed by atoms with Crippen LogP contribution in [0.4, 0.5) is 0 Å². The van der Waals surface area contributed by atoms with Crippen LogP contribution in [0, 0.1) is 17.3 Å². The molecule has 1 saturated carbocycles. The highest BCUT2D eigenvalue weighted by Gasteiger charge is 2.43. The molecule has 0 spiro atoms. The summed E-state index contributed by atoms with van der Waals surface area (Å²) in [5.41, 5.74) is 3.93. The molecule has 1 aromatic rings. The van der Waals surface area contributed by atoms with Gasteiger partial charge in [0.2, 0.25) is 0 Å². The third kappa shape index (κ3) is 7.13. The topological polar surface area (TPSA) is 33.3 Å². The van der Waals surface area contributed by atoms with Crippen LogP contribution in [0.25, 0.3) is 0 Å². The van der Waals surface area contributed by atoms with E-state index in [4.69, 9.17) is 17.0 Å². The molecule has 0 aromatic heterocycles. The van der Waals surface area contributed by atoms with Crippen LogP contribution in [0.5, 0.6) is 0 Å². The molecule has 2 N–H and O–H groups in total. The average molecular weight is 413 g/mol. The number of rotatable bonds is 12. The van der Waals surface area contributed by atoms with E-state index in [0.29, 0.717) is 12.5 Å². The maximum atomic E-state index is 5.40. The minimum Gasteiger partial charge on any atom is -0.385 e. The fourth-order valence-corrected chi connectivity index (χ4v) is 3.73. The van der Waals surface area contributed by atoms with E-state index in [1.165, 1.54) is 24.0 Å². The highest BCUT2D eigenvalue weighted by atomic mass is 32.1. The first-order valence-electron chi connectivity index (χ1n) is 10.4. The standard InChI is InChI=1S/C25H36N2OS/c1-18(25(5)13-14-25)24(16-22-10-8-7-9-11-22)20(3)27-19(2)23(17-28-6)12-15-26-21(4)29/h7-12,15,20,23-24,27H,1-2,13-14,16-17H2,3-6H3,(H,26,29)/b15-12+. The highest BCUT2D eigenvalue weighted by molar-refractivity contribution is 7.80. The lowest BCUT2D eigenvalue weighted by Gasteiger charge is -2.32. The van der Waals surface area contributed by atoms with Crippen molar-refractivity contribution in [3.63, 3.8) is 0 Å². The van der Waals surface area contributed by atoms with Crippen molar-refractivity contribution < 1.29 is 4.74 Å². The Bertz CT molecular complexity index is 736. The van der Waals surface area contributed by atoms with Crippen LogP contribution in [0.15, 0.2) is 67.0 Å². The third-order valence-corrected chi connectivity index (χ3v) is 6.06. The second-order valence-electron chi connectivity index (χ2n) is 8.46. The summed E-state index contributed by atoms with van der Waals surface area (Å²) < 4.78 is 5.40. The molecule has 1 fully saturated rings. The number of hydrogen-bond acceptors (Lipinski definition) is 3. The summed E-state index contributed by atoms with van der Waals surface area (Å²) in [6, 6.07) is 10.9. The van der Waals surface area contributed by atoms with E-state index in [-0.39, 0.29) is 17.4 Å². The summed E-state index contributed by atoms with van der Waals surface area (Å²) in [6.45, 7) is 15.8. The van der Waals surface area contributed by atoms with Crippen LogP contribution in [0.3, 0.4) is 0 Å². The van der Waals surface area contributed by atoms with Crippen LogP contribution < -0.4 is 10.6 Å². The molecule has 0 heterocycles. The van der Waals surface area contributed by atoms with Crippen LogP contribution in [-0.2, 0) is 11.2 Å². The van der Waals surface area contributed by atoms with Gasteiger partial charge in [0, 0.05) is 30.7 Å². The van der Waals surface area contributed by atoms with Crippen molar-refractivity contribution in [2.24, 2.45) is 17.3 Å². The normalized spacial score (nSPS) is 17.9. The van der Waals surface area contributed by atoms with Crippen molar-refractivity contribution in [3.8, 4) is 0 Å². The smallest absolute Gasteiger partial charge is 0.0761 e. The van der Waals surface area contributed by atoms with E-state index in [1.807, 2.05) is 19.2 Å². The van der Waals surface area contributed by atoms with Gasteiger partial charge in [0.25, 0.3) is 0 Å². The van der Waals surface area contributed by atoms with E-state index in [9.17, 15) is 0 Å². The number of thiocarbonyl (C=S) groups is 1. The molecule has 1 aromatic carbocycles. The summed E-state index contributed by atoms with van der Waals surface area (Å²) in [4.78, 5) is 0.737. The average Bonchev–Trinajstić information content (AvgIpc) is 3.44. The molecule has 3 unspecified atom stereocenters. The molecule has 158 valence electrons. The maximum absolute atomic E-state index is 5.40. The van der Waals surface area contributed by atoms with Gasteiger partial charge in [-0.25, -0.2) is 0 Å². The Hall–Kier alpha value is -1.91. The Kier molecular flexibility index (Phi) is 8.66. The van der Waals surface area contributed by atoms with Gasteiger partial charge in [0.15, 0.2) is 0 Å². The minimum atomic E-state index is 0.0615. The molecule has 3 atom stereocenters. The zero-order valence-corrected chi connectivity index (χ0v) is 19.1. The van der Waals surface area contributed by atoms with Crippen molar-refractivity contribution >= 4 is 17.2 Å². The minimum absolute atomic E-state index is 0.0615. The first-order chi connectivity index (χ1) is 13.8. The van der Waals surface area contributed by atoms with Gasteiger partial charge in [-0.3, -0.25) is 0 Å². The summed E-state index contributed by atoms with van der Waals surface area (Å²) in [5.74, 6) is 0.404. The second kappa shape index (κ2) is 10.7. The van der Waals surface area contributed by atoms with Crippen LogP contribution >= 0.6 is 12.2 Å². The number of methoxy groups -OCH3 is 1. The van der Waals surface area contributed by atoms with Crippen LogP contribution in [0.2, 0.25) is 0 Å². The molecule has 29 heavy (non-hydrogen) atoms. The van der Waals surface area contributed by atoms with Crippen molar-refractivity contribution in [1.29, 1.82) is 0 Å².